The second-order valence-corrected chi connectivity index (χ2v) is 5.16. The molecule has 0 aromatic heterocycles. The van der Waals surface area contributed by atoms with E-state index in [0.29, 0.717) is 19.0 Å². The first kappa shape index (κ1) is 14.5. The Hall–Kier alpha value is -0.610. The molecular weight excluding hydrogens is 216 g/mol. The summed E-state index contributed by atoms with van der Waals surface area (Å²) in [5.74, 6) is 0.147. The van der Waals surface area contributed by atoms with Gasteiger partial charge in [-0.25, -0.2) is 0 Å². The third-order valence-corrected chi connectivity index (χ3v) is 3.68. The topological polar surface area (TPSA) is 52.6 Å². The van der Waals surface area contributed by atoms with E-state index in [4.69, 9.17) is 5.11 Å². The quantitative estimate of drug-likeness (QED) is 0.734. The van der Waals surface area contributed by atoms with Crippen LogP contribution < -0.4 is 5.32 Å². The van der Waals surface area contributed by atoms with Crippen LogP contribution in [0.25, 0.3) is 0 Å². The van der Waals surface area contributed by atoms with Gasteiger partial charge in [0, 0.05) is 25.0 Å². The molecule has 4 nitrogen and oxygen atoms in total. The molecule has 17 heavy (non-hydrogen) atoms. The van der Waals surface area contributed by atoms with Gasteiger partial charge >= 0.3 is 0 Å². The Bertz CT molecular complexity index is 227. The lowest BCUT2D eigenvalue weighted by Gasteiger charge is -2.25. The summed E-state index contributed by atoms with van der Waals surface area (Å²) in [6, 6.07) is 0.523. The van der Waals surface area contributed by atoms with E-state index in [1.165, 1.54) is 19.3 Å². The second kappa shape index (κ2) is 7.67. The van der Waals surface area contributed by atoms with Gasteiger partial charge in [0.2, 0.25) is 5.91 Å². The number of carbonyl (C=O) groups is 1. The number of nitrogens with zero attached hydrogens (tertiary/aromatic N) is 1. The molecule has 1 aliphatic rings. The average Bonchev–Trinajstić information content (AvgIpc) is 2.36. The molecule has 1 fully saturated rings. The monoisotopic (exact) mass is 242 g/mol. The van der Waals surface area contributed by atoms with E-state index in [0.717, 1.165) is 12.8 Å². The maximum Gasteiger partial charge on any atom is 0.221 e. The Labute approximate surface area is 104 Å². The molecule has 1 saturated carbocycles. The van der Waals surface area contributed by atoms with Crippen LogP contribution in [0.4, 0.5) is 0 Å². The van der Waals surface area contributed by atoms with Crippen LogP contribution >= 0.6 is 0 Å². The molecule has 0 heterocycles. The number of nitrogens with one attached hydrogen (secondary N) is 1. The highest BCUT2D eigenvalue weighted by atomic mass is 16.3. The van der Waals surface area contributed by atoms with Gasteiger partial charge in [-0.2, -0.15) is 0 Å². The first-order valence-corrected chi connectivity index (χ1v) is 6.74. The van der Waals surface area contributed by atoms with Crippen molar-refractivity contribution in [3.63, 3.8) is 0 Å². The third-order valence-electron chi connectivity index (χ3n) is 3.68. The predicted molar refractivity (Wildman–Crippen MR) is 68.8 cm³/mol. The summed E-state index contributed by atoms with van der Waals surface area (Å²) in [6.07, 6.45) is 6.59. The van der Waals surface area contributed by atoms with E-state index in [9.17, 15) is 4.79 Å². The van der Waals surface area contributed by atoms with Crippen LogP contribution in [0.1, 0.15) is 45.4 Å². The zero-order valence-corrected chi connectivity index (χ0v) is 11.1. The molecule has 1 unspecified atom stereocenters. The van der Waals surface area contributed by atoms with Crippen molar-refractivity contribution < 1.29 is 9.90 Å². The summed E-state index contributed by atoms with van der Waals surface area (Å²) in [5, 5.41) is 12.1. The molecule has 0 aromatic rings. The lowest BCUT2D eigenvalue weighted by molar-refractivity contribution is -0.122. The SMILES string of the molecule is CC(CO)N(C)CCC(=O)NC1CCCCC1. The predicted octanol–water partition coefficient (Wildman–Crippen LogP) is 1.14. The van der Waals surface area contributed by atoms with Gasteiger partial charge in [0.05, 0.1) is 6.61 Å². The molecule has 1 atom stereocenters. The molecule has 1 aliphatic carbocycles. The lowest BCUT2D eigenvalue weighted by atomic mass is 9.95. The highest BCUT2D eigenvalue weighted by Gasteiger charge is 2.16. The second-order valence-electron chi connectivity index (χ2n) is 5.16. The highest BCUT2D eigenvalue weighted by Crippen LogP contribution is 2.17. The van der Waals surface area contributed by atoms with E-state index in [1.54, 1.807) is 0 Å². The zero-order chi connectivity index (χ0) is 12.7. The van der Waals surface area contributed by atoms with Crippen molar-refractivity contribution >= 4 is 5.91 Å². The summed E-state index contributed by atoms with van der Waals surface area (Å²) in [5.41, 5.74) is 0. The number of amides is 1. The van der Waals surface area contributed by atoms with Gasteiger partial charge in [0.15, 0.2) is 0 Å². The number of hydrogen-bond donors (Lipinski definition) is 2. The molecule has 0 aromatic carbocycles. The maximum absolute atomic E-state index is 11.7. The first-order chi connectivity index (χ1) is 8.13. The van der Waals surface area contributed by atoms with E-state index in [1.807, 2.05) is 18.9 Å². The highest BCUT2D eigenvalue weighted by molar-refractivity contribution is 5.76. The van der Waals surface area contributed by atoms with E-state index in [2.05, 4.69) is 5.32 Å². The molecule has 1 rings (SSSR count). The number of aliphatic hydroxyl groups is 1. The Morgan fingerprint density at radius 2 is 2.06 bits per heavy atom. The molecular formula is C13H26N2O2. The van der Waals surface area contributed by atoms with Gasteiger partial charge in [0.1, 0.15) is 0 Å². The smallest absolute Gasteiger partial charge is 0.221 e. The van der Waals surface area contributed by atoms with Crippen molar-refractivity contribution in [2.75, 3.05) is 20.2 Å². The number of hydrogen-bond acceptors (Lipinski definition) is 3. The molecule has 4 heteroatoms. The summed E-state index contributed by atoms with van der Waals surface area (Å²) >= 11 is 0. The average molecular weight is 242 g/mol. The van der Waals surface area contributed by atoms with Crippen molar-refractivity contribution in [3.8, 4) is 0 Å². The number of rotatable bonds is 6. The van der Waals surface area contributed by atoms with Crippen LogP contribution in [-0.4, -0.2) is 48.2 Å². The molecule has 2 N–H and O–H groups in total. The van der Waals surface area contributed by atoms with E-state index < -0.39 is 0 Å². The van der Waals surface area contributed by atoms with E-state index >= 15 is 0 Å². The van der Waals surface area contributed by atoms with Crippen LogP contribution in [0.2, 0.25) is 0 Å². The van der Waals surface area contributed by atoms with Crippen LogP contribution in [0, 0.1) is 0 Å². The molecule has 0 aliphatic heterocycles. The molecule has 0 saturated heterocycles. The largest absolute Gasteiger partial charge is 0.395 e. The molecule has 0 spiro atoms. The third kappa shape index (κ3) is 5.50. The number of carbonyl (C=O) groups excluding carboxylic acids is 1. The maximum atomic E-state index is 11.7. The summed E-state index contributed by atoms with van der Waals surface area (Å²) < 4.78 is 0. The Balaban J connectivity index is 2.16. The fourth-order valence-corrected chi connectivity index (χ4v) is 2.18. The fourth-order valence-electron chi connectivity index (χ4n) is 2.18. The Morgan fingerprint density at radius 1 is 1.41 bits per heavy atom. The zero-order valence-electron chi connectivity index (χ0n) is 11.1. The molecule has 0 bridgehead atoms. The number of aliphatic hydroxyl groups excluding tert-OH is 1. The van der Waals surface area contributed by atoms with E-state index in [-0.39, 0.29) is 18.6 Å². The van der Waals surface area contributed by atoms with Crippen LogP contribution in [-0.2, 0) is 4.79 Å². The minimum atomic E-state index is 0.123. The Morgan fingerprint density at radius 3 is 2.65 bits per heavy atom. The molecule has 100 valence electrons. The van der Waals surface area contributed by atoms with Crippen molar-refractivity contribution in [1.82, 2.24) is 10.2 Å². The fraction of sp³-hybridized carbons (Fsp3) is 0.923. The minimum Gasteiger partial charge on any atom is -0.395 e. The summed E-state index contributed by atoms with van der Waals surface area (Å²) in [4.78, 5) is 13.7. The van der Waals surface area contributed by atoms with Crippen molar-refractivity contribution in [3.05, 3.63) is 0 Å². The van der Waals surface area contributed by atoms with Gasteiger partial charge in [-0.05, 0) is 26.8 Å². The molecule has 0 radical (unpaired) electrons. The van der Waals surface area contributed by atoms with Gasteiger partial charge in [-0.15, -0.1) is 0 Å². The molecule has 1 amide bonds. The van der Waals surface area contributed by atoms with Crippen LogP contribution in [0.5, 0.6) is 0 Å². The lowest BCUT2D eigenvalue weighted by Crippen LogP contribution is -2.39. The minimum absolute atomic E-state index is 0.123. The first-order valence-electron chi connectivity index (χ1n) is 6.74. The summed E-state index contributed by atoms with van der Waals surface area (Å²) in [7, 11) is 1.94. The van der Waals surface area contributed by atoms with Crippen molar-refractivity contribution in [2.45, 2.75) is 57.5 Å². The normalized spacial score (nSPS) is 19.3. The van der Waals surface area contributed by atoms with Gasteiger partial charge in [0.25, 0.3) is 0 Å². The van der Waals surface area contributed by atoms with Gasteiger partial charge in [-0.1, -0.05) is 19.3 Å². The van der Waals surface area contributed by atoms with Crippen molar-refractivity contribution in [1.29, 1.82) is 0 Å². The number of likely N-dealkylation sites (N-methyl/N-ethyl adjacent to an activating group) is 1. The van der Waals surface area contributed by atoms with Gasteiger partial charge in [-0.3, -0.25) is 4.79 Å². The Kier molecular flexibility index (Phi) is 6.52. The standard InChI is InChI=1S/C13H26N2O2/c1-11(10-16)15(2)9-8-13(17)14-12-6-4-3-5-7-12/h11-12,16H,3-10H2,1-2H3,(H,14,17). The van der Waals surface area contributed by atoms with Gasteiger partial charge < -0.3 is 15.3 Å². The van der Waals surface area contributed by atoms with Crippen molar-refractivity contribution in [2.24, 2.45) is 0 Å². The van der Waals surface area contributed by atoms with Crippen LogP contribution in [0.3, 0.4) is 0 Å². The van der Waals surface area contributed by atoms with Crippen LogP contribution in [0.15, 0.2) is 0 Å². The summed E-state index contributed by atoms with van der Waals surface area (Å²) in [6.45, 7) is 2.81.